The molecule has 0 fully saturated rings. The molecule has 0 aliphatic heterocycles. The van der Waals surface area contributed by atoms with E-state index in [9.17, 15) is 4.79 Å². The number of rotatable bonds is 3. The minimum atomic E-state index is -0.358. The Balaban J connectivity index is 2.56. The van der Waals surface area contributed by atoms with E-state index in [2.05, 4.69) is 16.8 Å². The molecule has 0 unspecified atom stereocenters. The fraction of sp³-hybridized carbons (Fsp3) is 0.0833. The lowest BCUT2D eigenvalue weighted by Crippen LogP contribution is -2.33. The van der Waals surface area contributed by atoms with Crippen molar-refractivity contribution < 1.29 is 0 Å². The van der Waals surface area contributed by atoms with Gasteiger partial charge in [-0.25, -0.2) is 4.68 Å². The van der Waals surface area contributed by atoms with Crippen LogP contribution >= 0.6 is 0 Å². The molecule has 0 spiro atoms. The first-order valence-electron chi connectivity index (χ1n) is 5.14. The highest BCUT2D eigenvalue weighted by molar-refractivity contribution is 5.57. The van der Waals surface area contributed by atoms with Crippen LogP contribution in [0.15, 0.2) is 47.8 Å². The van der Waals surface area contributed by atoms with Crippen molar-refractivity contribution in [3.63, 3.8) is 0 Å². The third-order valence-corrected chi connectivity index (χ3v) is 2.34. The van der Waals surface area contributed by atoms with E-state index in [0.717, 1.165) is 4.68 Å². The lowest BCUT2D eigenvalue weighted by molar-refractivity contribution is 0.751. The van der Waals surface area contributed by atoms with E-state index in [0.29, 0.717) is 17.8 Å². The average molecular weight is 228 g/mol. The van der Waals surface area contributed by atoms with Gasteiger partial charge in [0.05, 0.1) is 0 Å². The van der Waals surface area contributed by atoms with E-state index in [1.165, 1.54) is 0 Å². The standard InChI is InChI=1S/C12H12N4O/c1-2-6-10-14-15-11(12(17)16(10)13)9-7-4-3-5-8-9/h2-5,7-8H,1,6,13H2. The molecule has 2 rings (SSSR count). The molecule has 0 radical (unpaired) electrons. The summed E-state index contributed by atoms with van der Waals surface area (Å²) in [6.07, 6.45) is 2.03. The van der Waals surface area contributed by atoms with Crippen molar-refractivity contribution in [3.05, 3.63) is 59.2 Å². The zero-order valence-corrected chi connectivity index (χ0v) is 9.21. The second-order valence-electron chi connectivity index (χ2n) is 3.50. The Labute approximate surface area is 98.2 Å². The molecule has 1 aromatic carbocycles. The van der Waals surface area contributed by atoms with Gasteiger partial charge in [-0.15, -0.1) is 16.8 Å². The Hall–Kier alpha value is -2.43. The molecule has 0 saturated heterocycles. The van der Waals surface area contributed by atoms with Crippen molar-refractivity contribution in [2.45, 2.75) is 6.42 Å². The van der Waals surface area contributed by atoms with Crippen LogP contribution < -0.4 is 11.4 Å². The van der Waals surface area contributed by atoms with Crippen LogP contribution in [0.1, 0.15) is 5.82 Å². The SMILES string of the molecule is C=CCc1nnc(-c2ccccc2)c(=O)n1N. The monoisotopic (exact) mass is 228 g/mol. The summed E-state index contributed by atoms with van der Waals surface area (Å²) in [7, 11) is 0. The third kappa shape index (κ3) is 2.08. The molecule has 0 aliphatic rings. The van der Waals surface area contributed by atoms with Crippen LogP contribution in [0.25, 0.3) is 11.3 Å². The average Bonchev–Trinajstić information content (AvgIpc) is 2.36. The first-order valence-corrected chi connectivity index (χ1v) is 5.14. The minimum Gasteiger partial charge on any atom is -0.335 e. The fourth-order valence-electron chi connectivity index (χ4n) is 1.48. The topological polar surface area (TPSA) is 73.8 Å². The predicted molar refractivity (Wildman–Crippen MR) is 65.8 cm³/mol. The normalized spacial score (nSPS) is 10.1. The van der Waals surface area contributed by atoms with Crippen molar-refractivity contribution in [2.75, 3.05) is 5.84 Å². The summed E-state index contributed by atoms with van der Waals surface area (Å²) >= 11 is 0. The largest absolute Gasteiger partial charge is 0.335 e. The van der Waals surface area contributed by atoms with Gasteiger partial charge in [-0.05, 0) is 0 Å². The number of benzene rings is 1. The van der Waals surface area contributed by atoms with Gasteiger partial charge in [-0.3, -0.25) is 4.79 Å². The van der Waals surface area contributed by atoms with Gasteiger partial charge in [0, 0.05) is 12.0 Å². The van der Waals surface area contributed by atoms with Gasteiger partial charge < -0.3 is 5.84 Å². The van der Waals surface area contributed by atoms with Crippen LogP contribution in [0.4, 0.5) is 0 Å². The van der Waals surface area contributed by atoms with Crippen molar-refractivity contribution in [3.8, 4) is 11.3 Å². The van der Waals surface area contributed by atoms with E-state index in [-0.39, 0.29) is 11.3 Å². The molecule has 5 heteroatoms. The summed E-state index contributed by atoms with van der Waals surface area (Å²) in [6, 6.07) is 9.10. The van der Waals surface area contributed by atoms with Gasteiger partial charge in [0.1, 0.15) is 0 Å². The van der Waals surface area contributed by atoms with Crippen LogP contribution in [0.5, 0.6) is 0 Å². The molecule has 0 bridgehead atoms. The summed E-state index contributed by atoms with van der Waals surface area (Å²) in [6.45, 7) is 3.57. The second kappa shape index (κ2) is 4.61. The van der Waals surface area contributed by atoms with Crippen molar-refractivity contribution >= 4 is 0 Å². The number of hydrogen-bond acceptors (Lipinski definition) is 4. The Bertz CT molecular complexity index is 589. The van der Waals surface area contributed by atoms with Gasteiger partial charge in [0.25, 0.3) is 5.56 Å². The molecule has 0 amide bonds. The maximum Gasteiger partial charge on any atom is 0.298 e. The molecule has 0 atom stereocenters. The quantitative estimate of drug-likeness (QED) is 0.621. The molecule has 1 aromatic heterocycles. The van der Waals surface area contributed by atoms with E-state index in [1.807, 2.05) is 18.2 Å². The first-order chi connectivity index (χ1) is 8.24. The number of allylic oxidation sites excluding steroid dienone is 1. The number of aromatic nitrogens is 3. The molecular formula is C12H12N4O. The summed E-state index contributed by atoms with van der Waals surface area (Å²) in [5.41, 5.74) is 0.596. The zero-order chi connectivity index (χ0) is 12.3. The molecule has 86 valence electrons. The molecule has 1 heterocycles. The second-order valence-corrected chi connectivity index (χ2v) is 3.50. The Morgan fingerprint density at radius 1 is 1.29 bits per heavy atom. The van der Waals surface area contributed by atoms with Crippen LogP contribution in [0.3, 0.4) is 0 Å². The summed E-state index contributed by atoms with van der Waals surface area (Å²) in [4.78, 5) is 12.0. The van der Waals surface area contributed by atoms with E-state index < -0.39 is 0 Å². The van der Waals surface area contributed by atoms with E-state index >= 15 is 0 Å². The maximum absolute atomic E-state index is 12.0. The van der Waals surface area contributed by atoms with E-state index in [4.69, 9.17) is 5.84 Å². The van der Waals surface area contributed by atoms with Crippen LogP contribution in [0.2, 0.25) is 0 Å². The Morgan fingerprint density at radius 3 is 2.65 bits per heavy atom. The van der Waals surface area contributed by atoms with Crippen molar-refractivity contribution in [2.24, 2.45) is 0 Å². The number of nitrogens with zero attached hydrogens (tertiary/aromatic N) is 3. The summed E-state index contributed by atoms with van der Waals surface area (Å²) in [5, 5.41) is 7.84. The molecule has 2 aromatic rings. The van der Waals surface area contributed by atoms with Gasteiger partial charge >= 0.3 is 0 Å². The number of nitrogens with two attached hydrogens (primary N) is 1. The maximum atomic E-state index is 12.0. The minimum absolute atomic E-state index is 0.251. The Kier molecular flexibility index (Phi) is 3.00. The number of hydrogen-bond donors (Lipinski definition) is 1. The smallest absolute Gasteiger partial charge is 0.298 e. The highest BCUT2D eigenvalue weighted by Gasteiger charge is 2.10. The lowest BCUT2D eigenvalue weighted by Gasteiger charge is -2.05. The molecule has 5 nitrogen and oxygen atoms in total. The third-order valence-electron chi connectivity index (χ3n) is 2.34. The van der Waals surface area contributed by atoms with Crippen LogP contribution in [-0.4, -0.2) is 14.9 Å². The van der Waals surface area contributed by atoms with E-state index in [1.54, 1.807) is 18.2 Å². The molecule has 0 saturated carbocycles. The zero-order valence-electron chi connectivity index (χ0n) is 9.21. The van der Waals surface area contributed by atoms with Crippen molar-refractivity contribution in [1.29, 1.82) is 0 Å². The highest BCUT2D eigenvalue weighted by Crippen LogP contribution is 2.10. The molecule has 0 aliphatic carbocycles. The van der Waals surface area contributed by atoms with Gasteiger partial charge in [0.15, 0.2) is 11.5 Å². The molecule has 2 N–H and O–H groups in total. The Morgan fingerprint density at radius 2 is 2.00 bits per heavy atom. The predicted octanol–water partition coefficient (Wildman–Crippen LogP) is 0.748. The highest BCUT2D eigenvalue weighted by atomic mass is 16.1. The molecule has 17 heavy (non-hydrogen) atoms. The van der Waals surface area contributed by atoms with Crippen LogP contribution in [0, 0.1) is 0 Å². The van der Waals surface area contributed by atoms with Gasteiger partial charge in [0.2, 0.25) is 0 Å². The first kappa shape index (κ1) is 11.1. The summed E-state index contributed by atoms with van der Waals surface area (Å²) in [5.74, 6) is 6.05. The van der Waals surface area contributed by atoms with Crippen LogP contribution in [-0.2, 0) is 6.42 Å². The van der Waals surface area contributed by atoms with Crippen molar-refractivity contribution in [1.82, 2.24) is 14.9 Å². The van der Waals surface area contributed by atoms with Gasteiger partial charge in [-0.2, -0.15) is 0 Å². The molecular weight excluding hydrogens is 216 g/mol. The number of nitrogen functional groups attached to an aromatic ring is 1. The van der Waals surface area contributed by atoms with Gasteiger partial charge in [-0.1, -0.05) is 36.4 Å². The summed E-state index contributed by atoms with van der Waals surface area (Å²) < 4.78 is 1.01. The lowest BCUT2D eigenvalue weighted by atomic mass is 10.2. The fourth-order valence-corrected chi connectivity index (χ4v) is 1.48.